The molecule has 0 saturated heterocycles. The summed E-state index contributed by atoms with van der Waals surface area (Å²) in [5, 5.41) is 2.77. The van der Waals surface area contributed by atoms with Gasteiger partial charge in [-0.15, -0.1) is 0 Å². The zero-order valence-corrected chi connectivity index (χ0v) is 13.0. The Morgan fingerprint density at radius 1 is 1.23 bits per heavy atom. The highest BCUT2D eigenvalue weighted by Crippen LogP contribution is 2.49. The van der Waals surface area contributed by atoms with Crippen molar-refractivity contribution in [1.82, 2.24) is 0 Å². The predicted octanol–water partition coefficient (Wildman–Crippen LogP) is 3.30. The lowest BCUT2D eigenvalue weighted by atomic mass is 9.86. The summed E-state index contributed by atoms with van der Waals surface area (Å²) in [4.78, 5) is 23.7. The first-order valence-electron chi connectivity index (χ1n) is 8.13. The van der Waals surface area contributed by atoms with Gasteiger partial charge in [0.1, 0.15) is 0 Å². The van der Waals surface area contributed by atoms with Gasteiger partial charge in [0.05, 0.1) is 0 Å². The summed E-state index contributed by atoms with van der Waals surface area (Å²) in [6, 6.07) is 7.55. The van der Waals surface area contributed by atoms with Crippen LogP contribution in [0.1, 0.15) is 37.7 Å². The highest BCUT2D eigenvalue weighted by atomic mass is 16.5. The van der Waals surface area contributed by atoms with E-state index in [2.05, 4.69) is 5.32 Å². The van der Waals surface area contributed by atoms with Crippen molar-refractivity contribution >= 4 is 17.6 Å². The van der Waals surface area contributed by atoms with Crippen molar-refractivity contribution < 1.29 is 14.3 Å². The number of hydrogen-bond donors (Lipinski definition) is 1. The number of carbonyl (C=O) groups is 2. The highest BCUT2D eigenvalue weighted by molar-refractivity contribution is 5.93. The van der Waals surface area contributed by atoms with Gasteiger partial charge in [0.25, 0.3) is 5.91 Å². The van der Waals surface area contributed by atoms with E-state index in [1.54, 1.807) is 0 Å². The van der Waals surface area contributed by atoms with Crippen molar-refractivity contribution in [1.29, 1.82) is 0 Å². The molecule has 2 bridgehead atoms. The molecule has 1 N–H and O–H groups in total. The second-order valence-electron chi connectivity index (χ2n) is 6.66. The van der Waals surface area contributed by atoms with Gasteiger partial charge < -0.3 is 10.1 Å². The molecule has 22 heavy (non-hydrogen) atoms. The summed E-state index contributed by atoms with van der Waals surface area (Å²) in [7, 11) is 0. The van der Waals surface area contributed by atoms with E-state index in [9.17, 15) is 9.59 Å². The smallest absolute Gasteiger partial charge is 0.306 e. The maximum atomic E-state index is 11.9. The van der Waals surface area contributed by atoms with Gasteiger partial charge in [-0.3, -0.25) is 9.59 Å². The van der Waals surface area contributed by atoms with Gasteiger partial charge in [0.15, 0.2) is 6.61 Å². The third-order valence-corrected chi connectivity index (χ3v) is 5.10. The fourth-order valence-electron chi connectivity index (χ4n) is 3.94. The molecule has 0 aliphatic heterocycles. The Morgan fingerprint density at radius 2 is 2.05 bits per heavy atom. The maximum absolute atomic E-state index is 11.9. The van der Waals surface area contributed by atoms with Crippen molar-refractivity contribution in [3.8, 4) is 0 Å². The Kier molecular flexibility index (Phi) is 4.46. The number of rotatable bonds is 5. The molecule has 3 rings (SSSR count). The van der Waals surface area contributed by atoms with Crippen molar-refractivity contribution in [3.63, 3.8) is 0 Å². The summed E-state index contributed by atoms with van der Waals surface area (Å²) >= 11 is 0. The monoisotopic (exact) mass is 301 g/mol. The average molecular weight is 301 g/mol. The molecule has 1 aromatic rings. The fraction of sp³-hybridized carbons (Fsp3) is 0.556. The highest BCUT2D eigenvalue weighted by Gasteiger charge is 2.40. The molecule has 0 heterocycles. The molecule has 2 aliphatic carbocycles. The minimum atomic E-state index is -0.282. The lowest BCUT2D eigenvalue weighted by molar-refractivity contribution is -0.148. The number of carbonyl (C=O) groups excluding carboxylic acids is 2. The van der Waals surface area contributed by atoms with Crippen LogP contribution >= 0.6 is 0 Å². The quantitative estimate of drug-likeness (QED) is 0.849. The lowest BCUT2D eigenvalue weighted by Crippen LogP contribution is -2.23. The van der Waals surface area contributed by atoms with Crippen LogP contribution < -0.4 is 5.32 Å². The van der Waals surface area contributed by atoms with E-state index in [-0.39, 0.29) is 18.5 Å². The molecule has 1 amide bonds. The standard InChI is InChI=1S/C18H23NO3/c1-12-4-2-3-5-16(12)19-17(20)11-22-18(21)10-15-9-13-6-7-14(15)8-13/h2-5,13-15H,6-11H2,1H3,(H,19,20)/t13-,14+,15-/m0/s1. The molecule has 2 saturated carbocycles. The SMILES string of the molecule is Cc1ccccc1NC(=O)COC(=O)C[C@@H]1C[C@H]2CC[C@@H]1C2. The Balaban J connectivity index is 1.41. The third kappa shape index (κ3) is 3.49. The van der Waals surface area contributed by atoms with E-state index in [1.165, 1.54) is 19.3 Å². The molecule has 4 nitrogen and oxygen atoms in total. The summed E-state index contributed by atoms with van der Waals surface area (Å²) in [5.41, 5.74) is 1.75. The van der Waals surface area contributed by atoms with Crippen LogP contribution in [0.25, 0.3) is 0 Å². The first-order valence-corrected chi connectivity index (χ1v) is 8.13. The number of para-hydroxylation sites is 1. The maximum Gasteiger partial charge on any atom is 0.306 e. The average Bonchev–Trinajstić information content (AvgIpc) is 3.10. The Hall–Kier alpha value is -1.84. The van der Waals surface area contributed by atoms with Gasteiger partial charge in [-0.25, -0.2) is 0 Å². The van der Waals surface area contributed by atoms with Crippen LogP contribution in [0, 0.1) is 24.7 Å². The number of anilines is 1. The zero-order chi connectivity index (χ0) is 15.5. The summed E-state index contributed by atoms with van der Waals surface area (Å²) in [5.74, 6) is 1.49. The first kappa shape index (κ1) is 15.1. The van der Waals surface area contributed by atoms with E-state index < -0.39 is 0 Å². The Labute approximate surface area is 131 Å². The summed E-state index contributed by atoms with van der Waals surface area (Å²) < 4.78 is 5.13. The molecule has 0 unspecified atom stereocenters. The molecule has 118 valence electrons. The van der Waals surface area contributed by atoms with Crippen LogP contribution in [0.5, 0.6) is 0 Å². The number of fused-ring (bicyclic) bond motifs is 2. The van der Waals surface area contributed by atoms with Gasteiger partial charge in [-0.05, 0) is 55.6 Å². The largest absolute Gasteiger partial charge is 0.456 e. The van der Waals surface area contributed by atoms with Crippen LogP contribution in [0.3, 0.4) is 0 Å². The number of benzene rings is 1. The Morgan fingerprint density at radius 3 is 2.73 bits per heavy atom. The summed E-state index contributed by atoms with van der Waals surface area (Å²) in [6.45, 7) is 1.73. The third-order valence-electron chi connectivity index (χ3n) is 5.10. The van der Waals surface area contributed by atoms with E-state index in [4.69, 9.17) is 4.74 Å². The topological polar surface area (TPSA) is 55.4 Å². The van der Waals surface area contributed by atoms with Gasteiger partial charge in [-0.1, -0.05) is 24.6 Å². The number of esters is 1. The second-order valence-corrected chi connectivity index (χ2v) is 6.66. The van der Waals surface area contributed by atoms with Gasteiger partial charge in [-0.2, -0.15) is 0 Å². The van der Waals surface area contributed by atoms with E-state index >= 15 is 0 Å². The normalized spacial score (nSPS) is 26.0. The van der Waals surface area contributed by atoms with E-state index in [0.717, 1.165) is 23.6 Å². The van der Waals surface area contributed by atoms with Crippen molar-refractivity contribution in [3.05, 3.63) is 29.8 Å². The van der Waals surface area contributed by atoms with Crippen molar-refractivity contribution in [2.75, 3.05) is 11.9 Å². The fourth-order valence-corrected chi connectivity index (χ4v) is 3.94. The number of hydrogen-bond acceptors (Lipinski definition) is 3. The van der Waals surface area contributed by atoms with Crippen LogP contribution in [0.15, 0.2) is 24.3 Å². The molecule has 3 atom stereocenters. The Bertz CT molecular complexity index is 569. The van der Waals surface area contributed by atoms with Crippen molar-refractivity contribution in [2.45, 2.75) is 39.0 Å². The zero-order valence-electron chi connectivity index (χ0n) is 13.0. The predicted molar refractivity (Wildman–Crippen MR) is 84.3 cm³/mol. The first-order chi connectivity index (χ1) is 10.6. The molecule has 4 heteroatoms. The molecule has 2 aliphatic rings. The molecule has 0 aromatic heterocycles. The molecule has 0 radical (unpaired) electrons. The van der Waals surface area contributed by atoms with Gasteiger partial charge in [0.2, 0.25) is 0 Å². The molecule has 1 aromatic carbocycles. The van der Waals surface area contributed by atoms with Gasteiger partial charge in [0, 0.05) is 12.1 Å². The number of nitrogens with one attached hydrogen (secondary N) is 1. The number of amides is 1. The van der Waals surface area contributed by atoms with Crippen LogP contribution in [-0.4, -0.2) is 18.5 Å². The molecular formula is C18H23NO3. The minimum Gasteiger partial charge on any atom is -0.456 e. The second kappa shape index (κ2) is 6.51. The number of ether oxygens (including phenoxy) is 1. The summed E-state index contributed by atoms with van der Waals surface area (Å²) in [6.07, 6.45) is 5.51. The number of aryl methyl sites for hydroxylation is 1. The van der Waals surface area contributed by atoms with Crippen molar-refractivity contribution in [2.24, 2.45) is 17.8 Å². The molecule has 2 fully saturated rings. The molecule has 0 spiro atoms. The van der Waals surface area contributed by atoms with E-state index in [0.29, 0.717) is 18.3 Å². The molecular weight excluding hydrogens is 278 g/mol. The van der Waals surface area contributed by atoms with Crippen LogP contribution in [0.4, 0.5) is 5.69 Å². The lowest BCUT2D eigenvalue weighted by Gasteiger charge is -2.20. The van der Waals surface area contributed by atoms with Gasteiger partial charge >= 0.3 is 5.97 Å². The van der Waals surface area contributed by atoms with Crippen LogP contribution in [-0.2, 0) is 14.3 Å². The van der Waals surface area contributed by atoms with Crippen LogP contribution in [0.2, 0.25) is 0 Å². The van der Waals surface area contributed by atoms with E-state index in [1.807, 2.05) is 31.2 Å². The minimum absolute atomic E-state index is 0.200.